The average molecular weight is 629 g/mol. The average Bonchev–Trinajstić information content (AvgIpc) is 2.89. The third-order valence-electron chi connectivity index (χ3n) is 5.72. The van der Waals surface area contributed by atoms with Crippen molar-refractivity contribution in [2.45, 2.75) is 27.2 Å². The van der Waals surface area contributed by atoms with E-state index in [0.717, 1.165) is 24.8 Å². The van der Waals surface area contributed by atoms with E-state index in [1.807, 2.05) is 0 Å². The van der Waals surface area contributed by atoms with Gasteiger partial charge >= 0.3 is 0 Å². The van der Waals surface area contributed by atoms with Crippen molar-refractivity contribution in [3.05, 3.63) is 32.5 Å². The van der Waals surface area contributed by atoms with Crippen molar-refractivity contribution in [2.24, 2.45) is 0 Å². The third kappa shape index (κ3) is 6.20. The number of ether oxygens (including phenoxy) is 4. The molecule has 2 aromatic carbocycles. The number of aromatic amines is 1. The minimum Gasteiger partial charge on any atom is -0.485 e. The van der Waals surface area contributed by atoms with Gasteiger partial charge in [0.2, 0.25) is 11.9 Å². The van der Waals surface area contributed by atoms with Crippen molar-refractivity contribution < 1.29 is 37.5 Å². The van der Waals surface area contributed by atoms with Crippen LogP contribution >= 0.6 is 23.2 Å². The van der Waals surface area contributed by atoms with E-state index in [1.165, 1.54) is 6.07 Å². The Labute approximate surface area is 251 Å². The first-order valence-corrected chi connectivity index (χ1v) is 12.7. The van der Waals surface area contributed by atoms with Crippen LogP contribution in [0, 0.1) is 0 Å². The van der Waals surface area contributed by atoms with Crippen LogP contribution in [-0.4, -0.2) is 52.9 Å². The summed E-state index contributed by atoms with van der Waals surface area (Å²) in [5.41, 5.74) is 11.9. The molecule has 2 aromatic heterocycles. The predicted octanol–water partition coefficient (Wildman–Crippen LogP) is 4.41. The molecule has 213 valence electrons. The van der Waals surface area contributed by atoms with Crippen LogP contribution in [-0.2, 0) is 18.6 Å². The van der Waals surface area contributed by atoms with Gasteiger partial charge in [-0.25, -0.2) is 9.97 Å². The van der Waals surface area contributed by atoms with Gasteiger partial charge in [-0.05, 0) is 18.6 Å². The number of halogens is 2. The van der Waals surface area contributed by atoms with E-state index < -0.39 is 0 Å². The molecule has 0 bridgehead atoms. The van der Waals surface area contributed by atoms with Crippen LogP contribution in [0.5, 0.6) is 23.0 Å². The molecule has 0 aliphatic carbocycles. The molecule has 2 aliphatic rings. The molecule has 40 heavy (non-hydrogen) atoms. The largest absolute Gasteiger partial charge is 0.485 e. The Hall–Kier alpha value is -3.32. The first-order valence-electron chi connectivity index (χ1n) is 11.9. The van der Waals surface area contributed by atoms with Gasteiger partial charge in [-0.2, -0.15) is 4.98 Å². The summed E-state index contributed by atoms with van der Waals surface area (Å²) in [6.07, 6.45) is 2.13. The van der Waals surface area contributed by atoms with Gasteiger partial charge in [0, 0.05) is 25.1 Å². The smallest absolute Gasteiger partial charge is 0.264 e. The molecule has 0 saturated carbocycles. The Bertz CT molecular complexity index is 1590. The molecule has 6 rings (SSSR count). The summed E-state index contributed by atoms with van der Waals surface area (Å²) >= 11 is 12.3. The zero-order valence-electron chi connectivity index (χ0n) is 20.8. The number of rotatable bonds is 4. The standard InChI is InChI=1S/C14H17ClN4O2.C10H8ClN3O3.CH4.V/c1-2-3-4-17-13-10-9(18-14(16)19-13)7-8(15)11-12(10)21-6-5-20-11;11-4-3-5-6(9(15)14-10(12)13-5)8-7(4)16-1-2-17-8;;/h7H,2-6H2,1H3,(H3,16,17,18,19);3H,1-2H2,(H3,12,13,14,15);1H4;. The quantitative estimate of drug-likeness (QED) is 0.236. The zero-order chi connectivity index (χ0) is 26.8. The summed E-state index contributed by atoms with van der Waals surface area (Å²) in [6, 6.07) is 3.27. The van der Waals surface area contributed by atoms with E-state index in [4.69, 9.17) is 53.6 Å². The summed E-state index contributed by atoms with van der Waals surface area (Å²) in [6.45, 7) is 4.66. The minimum absolute atomic E-state index is 0. The van der Waals surface area contributed by atoms with Gasteiger partial charge in [0.05, 0.1) is 26.5 Å². The number of unbranched alkanes of at least 4 members (excludes halogenated alkanes) is 1. The molecule has 0 atom stereocenters. The van der Waals surface area contributed by atoms with Crippen molar-refractivity contribution in [1.82, 2.24) is 19.9 Å². The van der Waals surface area contributed by atoms with E-state index in [2.05, 4.69) is 32.2 Å². The van der Waals surface area contributed by atoms with E-state index in [1.54, 1.807) is 6.07 Å². The number of nitrogen functional groups attached to an aromatic ring is 2. The fraction of sp³-hybridized carbons (Fsp3) is 0.360. The molecule has 0 amide bonds. The van der Waals surface area contributed by atoms with Crippen molar-refractivity contribution in [1.29, 1.82) is 0 Å². The maximum Gasteiger partial charge on any atom is 0.264 e. The number of hydrogen-bond acceptors (Lipinski definition) is 11. The van der Waals surface area contributed by atoms with Gasteiger partial charge in [-0.15, -0.1) is 0 Å². The molecule has 2 aliphatic heterocycles. The van der Waals surface area contributed by atoms with Crippen LogP contribution in [0.1, 0.15) is 27.2 Å². The second kappa shape index (κ2) is 13.4. The Kier molecular flexibility index (Phi) is 10.4. The van der Waals surface area contributed by atoms with Gasteiger partial charge in [0.25, 0.3) is 5.56 Å². The number of H-pyrrole nitrogens is 1. The van der Waals surface area contributed by atoms with Gasteiger partial charge in [-0.3, -0.25) is 9.78 Å². The molecule has 15 heteroatoms. The normalized spacial score (nSPS) is 13.0. The van der Waals surface area contributed by atoms with Gasteiger partial charge in [-0.1, -0.05) is 44.0 Å². The molecule has 4 heterocycles. The number of nitrogens with one attached hydrogen (secondary N) is 2. The van der Waals surface area contributed by atoms with E-state index in [9.17, 15) is 4.79 Å². The number of aromatic nitrogens is 4. The SMILES string of the molecule is C.CCCCNc1nc(N)nc2cc(Cl)c3c(c12)OCCO3.Nc1nc2cc(Cl)c3c(c2c(=O)[nH]1)OCCO3.[V]. The molecule has 1 radical (unpaired) electrons. The van der Waals surface area contributed by atoms with Gasteiger partial charge < -0.3 is 35.7 Å². The van der Waals surface area contributed by atoms with Crippen LogP contribution < -0.4 is 41.3 Å². The topological polar surface area (TPSA) is 173 Å². The van der Waals surface area contributed by atoms with Gasteiger partial charge in [0.1, 0.15) is 37.6 Å². The Balaban J connectivity index is 0.000000214. The molecule has 4 aromatic rings. The number of hydrogen-bond donors (Lipinski definition) is 4. The molecule has 12 nitrogen and oxygen atoms in total. The summed E-state index contributed by atoms with van der Waals surface area (Å²) in [5, 5.41) is 5.18. The molecule has 0 saturated heterocycles. The van der Waals surface area contributed by atoms with E-state index >= 15 is 0 Å². The van der Waals surface area contributed by atoms with Crippen molar-refractivity contribution in [3.63, 3.8) is 0 Å². The summed E-state index contributed by atoms with van der Waals surface area (Å²) < 4.78 is 22.1. The second-order valence-electron chi connectivity index (χ2n) is 8.38. The summed E-state index contributed by atoms with van der Waals surface area (Å²) in [7, 11) is 0. The molecular formula is C25H29Cl2N7O5V. The van der Waals surface area contributed by atoms with E-state index in [-0.39, 0.29) is 43.4 Å². The van der Waals surface area contributed by atoms with Crippen LogP contribution in [0.3, 0.4) is 0 Å². The number of fused-ring (bicyclic) bond motifs is 6. The number of nitrogens with two attached hydrogens (primary N) is 2. The van der Waals surface area contributed by atoms with Crippen molar-refractivity contribution >= 4 is 62.7 Å². The minimum atomic E-state index is -0.370. The molecular weight excluding hydrogens is 600 g/mol. The monoisotopic (exact) mass is 628 g/mol. The first-order chi connectivity index (χ1) is 18.4. The Morgan fingerprint density at radius 2 is 1.40 bits per heavy atom. The maximum atomic E-state index is 11.8. The summed E-state index contributed by atoms with van der Waals surface area (Å²) in [4.78, 5) is 26.8. The summed E-state index contributed by atoms with van der Waals surface area (Å²) in [5.74, 6) is 2.73. The maximum absolute atomic E-state index is 11.8. The van der Waals surface area contributed by atoms with Crippen LogP contribution in [0.25, 0.3) is 21.8 Å². The fourth-order valence-electron chi connectivity index (χ4n) is 4.10. The van der Waals surface area contributed by atoms with Crippen molar-refractivity contribution in [3.8, 4) is 23.0 Å². The molecule has 0 spiro atoms. The third-order valence-corrected chi connectivity index (χ3v) is 6.28. The van der Waals surface area contributed by atoms with Crippen LogP contribution in [0.4, 0.5) is 17.7 Å². The van der Waals surface area contributed by atoms with Crippen LogP contribution in [0.2, 0.25) is 10.0 Å². The zero-order valence-corrected chi connectivity index (χ0v) is 23.8. The van der Waals surface area contributed by atoms with E-state index in [0.29, 0.717) is 81.7 Å². The number of nitrogens with zero attached hydrogens (tertiary/aromatic N) is 3. The second-order valence-corrected chi connectivity index (χ2v) is 9.19. The predicted molar refractivity (Wildman–Crippen MR) is 153 cm³/mol. The van der Waals surface area contributed by atoms with Gasteiger partial charge in [0.15, 0.2) is 23.0 Å². The Morgan fingerprint density at radius 1 is 0.875 bits per heavy atom. The molecule has 0 unspecified atom stereocenters. The van der Waals surface area contributed by atoms with Crippen molar-refractivity contribution in [2.75, 3.05) is 49.8 Å². The molecule has 6 N–H and O–H groups in total. The molecule has 0 fully saturated rings. The number of anilines is 3. The number of benzene rings is 2. The Morgan fingerprint density at radius 3 is 1.98 bits per heavy atom. The first kappa shape index (κ1) is 31.2. The van der Waals surface area contributed by atoms with Crippen LogP contribution in [0.15, 0.2) is 16.9 Å². The fourth-order valence-corrected chi connectivity index (χ4v) is 4.59.